The van der Waals surface area contributed by atoms with Gasteiger partial charge in [0.25, 0.3) is 0 Å². The Morgan fingerprint density at radius 1 is 0.618 bits per heavy atom. The minimum absolute atomic E-state index is 0.0461. The van der Waals surface area contributed by atoms with Gasteiger partial charge in [-0.1, -0.05) is 20.4 Å². The molecule has 4 heteroatoms. The molecule has 4 aliphatic carbocycles. The summed E-state index contributed by atoms with van der Waals surface area (Å²) in [5.74, 6) is 1.60. The average Bonchev–Trinajstić information content (AvgIpc) is 2.84. The minimum Gasteiger partial charge on any atom is -0.459 e. The van der Waals surface area contributed by atoms with E-state index in [-0.39, 0.29) is 12.1 Å². The number of ether oxygens (including phenoxy) is 2. The van der Waals surface area contributed by atoms with Gasteiger partial charge in [0, 0.05) is 23.7 Å². The van der Waals surface area contributed by atoms with Crippen LogP contribution < -0.4 is 0 Å². The lowest BCUT2D eigenvalue weighted by molar-refractivity contribution is -0.148. The van der Waals surface area contributed by atoms with Crippen LogP contribution in [0.2, 0.25) is 0 Å². The fraction of sp³-hybridized carbons (Fsp3) is 0.900. The normalized spacial score (nSPS) is 39.5. The van der Waals surface area contributed by atoms with Crippen molar-refractivity contribution in [1.29, 1.82) is 0 Å². The summed E-state index contributed by atoms with van der Waals surface area (Å²) in [5, 5.41) is 0. The summed E-state index contributed by atoms with van der Waals surface area (Å²) in [5.41, 5.74) is 0.495. The Balaban J connectivity index is 1.25. The number of hydrogen-bond donors (Lipinski definition) is 0. The van der Waals surface area contributed by atoms with Gasteiger partial charge in [-0.25, -0.2) is 4.79 Å². The van der Waals surface area contributed by atoms with Crippen molar-refractivity contribution in [2.45, 2.75) is 160 Å². The van der Waals surface area contributed by atoms with Gasteiger partial charge in [-0.15, -0.1) is 0 Å². The first kappa shape index (κ1) is 26.2. The Hall–Kier alpha value is -0.870. The monoisotopic (exact) mass is 473 g/mol. The molecule has 0 aromatic heterocycles. The molecule has 0 atom stereocenters. The van der Waals surface area contributed by atoms with Crippen LogP contribution in [0.15, 0.2) is 12.2 Å². The number of carbonyl (C=O) groups is 1. The Labute approximate surface area is 209 Å². The molecule has 4 rings (SSSR count). The molecule has 0 unspecified atom stereocenters. The minimum atomic E-state index is -0.243. The zero-order valence-corrected chi connectivity index (χ0v) is 22.3. The smallest absolute Gasteiger partial charge is 0.333 e. The van der Waals surface area contributed by atoms with Crippen molar-refractivity contribution in [1.82, 2.24) is 4.90 Å². The fourth-order valence-corrected chi connectivity index (χ4v) is 7.27. The lowest BCUT2D eigenvalue weighted by Gasteiger charge is -2.49. The Morgan fingerprint density at radius 2 is 0.971 bits per heavy atom. The molecule has 0 amide bonds. The highest BCUT2D eigenvalue weighted by Crippen LogP contribution is 2.39. The van der Waals surface area contributed by atoms with Crippen molar-refractivity contribution in [2.24, 2.45) is 11.8 Å². The van der Waals surface area contributed by atoms with Crippen molar-refractivity contribution in [3.8, 4) is 0 Å². The summed E-state index contributed by atoms with van der Waals surface area (Å²) in [6.07, 6.45) is 21.1. The molecular formula is C30H51NO3. The van der Waals surface area contributed by atoms with E-state index in [1.165, 1.54) is 77.0 Å². The lowest BCUT2D eigenvalue weighted by Crippen LogP contribution is -2.53. The van der Waals surface area contributed by atoms with E-state index < -0.39 is 0 Å². The predicted molar refractivity (Wildman–Crippen MR) is 139 cm³/mol. The highest BCUT2D eigenvalue weighted by atomic mass is 16.5. The van der Waals surface area contributed by atoms with Crippen molar-refractivity contribution in [2.75, 3.05) is 0 Å². The summed E-state index contributed by atoms with van der Waals surface area (Å²) in [4.78, 5) is 14.9. The van der Waals surface area contributed by atoms with Crippen molar-refractivity contribution in [3.05, 3.63) is 12.2 Å². The van der Waals surface area contributed by atoms with E-state index in [1.54, 1.807) is 6.92 Å². The Kier molecular flexibility index (Phi) is 9.55. The summed E-state index contributed by atoms with van der Waals surface area (Å²) >= 11 is 0. The molecule has 34 heavy (non-hydrogen) atoms. The maximum absolute atomic E-state index is 11.8. The second kappa shape index (κ2) is 12.4. The van der Waals surface area contributed by atoms with E-state index in [0.717, 1.165) is 55.6 Å². The summed E-state index contributed by atoms with van der Waals surface area (Å²) in [6, 6.07) is 2.43. The van der Waals surface area contributed by atoms with Crippen LogP contribution in [0.5, 0.6) is 0 Å². The molecule has 0 spiro atoms. The molecular weight excluding hydrogens is 422 g/mol. The standard InChI is InChI=1S/C30H51NO3/c1-21(2)30(32)34-29-19-17-28(18-20-29)33-27-15-13-26(14-16-27)31(24-9-5-22(3)6-10-24)25-11-7-23(4)8-12-25/h22-29H,1,5-20H2,2-4H3. The van der Waals surface area contributed by atoms with Crippen LogP contribution in [0, 0.1) is 11.8 Å². The van der Waals surface area contributed by atoms with Crippen LogP contribution in [0.25, 0.3) is 0 Å². The van der Waals surface area contributed by atoms with Gasteiger partial charge in [-0.3, -0.25) is 4.90 Å². The summed E-state index contributed by atoms with van der Waals surface area (Å²) in [7, 11) is 0. The maximum atomic E-state index is 11.8. The zero-order chi connectivity index (χ0) is 24.1. The molecule has 0 saturated heterocycles. The van der Waals surface area contributed by atoms with Gasteiger partial charge in [0.05, 0.1) is 12.2 Å². The van der Waals surface area contributed by atoms with Crippen LogP contribution in [0.4, 0.5) is 0 Å². The molecule has 0 N–H and O–H groups in total. The summed E-state index contributed by atoms with van der Waals surface area (Å²) in [6.45, 7) is 10.3. The highest BCUT2D eigenvalue weighted by molar-refractivity contribution is 5.87. The second-order valence-corrected chi connectivity index (χ2v) is 12.4. The lowest BCUT2D eigenvalue weighted by atomic mass is 9.79. The predicted octanol–water partition coefficient (Wildman–Crippen LogP) is 7.20. The SMILES string of the molecule is C=C(C)C(=O)OC1CCC(OC2CCC(N(C3CCC(C)CC3)C3CCC(C)CC3)CC2)CC1. The van der Waals surface area contributed by atoms with Gasteiger partial charge in [0.2, 0.25) is 0 Å². The van der Waals surface area contributed by atoms with E-state index >= 15 is 0 Å². The van der Waals surface area contributed by atoms with Gasteiger partial charge in [-0.2, -0.15) is 0 Å². The second-order valence-electron chi connectivity index (χ2n) is 12.4. The highest BCUT2D eigenvalue weighted by Gasteiger charge is 2.38. The number of rotatable bonds is 7. The molecule has 0 radical (unpaired) electrons. The third-order valence-electron chi connectivity index (χ3n) is 9.51. The van der Waals surface area contributed by atoms with Gasteiger partial charge in [0.15, 0.2) is 0 Å². The first-order chi connectivity index (χ1) is 16.4. The third kappa shape index (κ3) is 7.09. The molecule has 0 heterocycles. The number of carbonyl (C=O) groups excluding carboxylic acids is 1. The van der Waals surface area contributed by atoms with Crippen molar-refractivity contribution < 1.29 is 14.3 Å². The first-order valence-electron chi connectivity index (χ1n) is 14.7. The van der Waals surface area contributed by atoms with Gasteiger partial charge in [0.1, 0.15) is 6.10 Å². The van der Waals surface area contributed by atoms with Crippen molar-refractivity contribution >= 4 is 5.97 Å². The Bertz CT molecular complexity index is 624. The average molecular weight is 474 g/mol. The Morgan fingerprint density at radius 3 is 1.38 bits per heavy atom. The number of nitrogens with zero attached hydrogens (tertiary/aromatic N) is 1. The van der Waals surface area contributed by atoms with Gasteiger partial charge >= 0.3 is 5.97 Å². The van der Waals surface area contributed by atoms with Crippen LogP contribution >= 0.6 is 0 Å². The van der Waals surface area contributed by atoms with E-state index in [9.17, 15) is 4.79 Å². The first-order valence-corrected chi connectivity index (χ1v) is 14.7. The molecule has 4 aliphatic rings. The molecule has 0 aromatic rings. The zero-order valence-electron chi connectivity index (χ0n) is 22.3. The van der Waals surface area contributed by atoms with Crippen LogP contribution in [0.1, 0.15) is 124 Å². The third-order valence-corrected chi connectivity index (χ3v) is 9.51. The molecule has 4 nitrogen and oxygen atoms in total. The molecule has 4 fully saturated rings. The molecule has 194 valence electrons. The number of hydrogen-bond acceptors (Lipinski definition) is 4. The maximum Gasteiger partial charge on any atom is 0.333 e. The van der Waals surface area contributed by atoms with Crippen LogP contribution in [-0.4, -0.2) is 47.3 Å². The van der Waals surface area contributed by atoms with Gasteiger partial charge < -0.3 is 9.47 Å². The molecule has 4 saturated carbocycles. The van der Waals surface area contributed by atoms with E-state index in [2.05, 4.69) is 25.3 Å². The van der Waals surface area contributed by atoms with E-state index in [0.29, 0.717) is 17.8 Å². The number of esters is 1. The molecule has 0 aliphatic heterocycles. The summed E-state index contributed by atoms with van der Waals surface area (Å²) < 4.78 is 12.2. The molecule has 0 aromatic carbocycles. The van der Waals surface area contributed by atoms with Crippen LogP contribution in [0.3, 0.4) is 0 Å². The molecule has 0 bridgehead atoms. The van der Waals surface area contributed by atoms with E-state index in [4.69, 9.17) is 9.47 Å². The van der Waals surface area contributed by atoms with Gasteiger partial charge in [-0.05, 0) is 121 Å². The largest absolute Gasteiger partial charge is 0.459 e. The van der Waals surface area contributed by atoms with Crippen molar-refractivity contribution in [3.63, 3.8) is 0 Å². The van der Waals surface area contributed by atoms with Crippen LogP contribution in [-0.2, 0) is 14.3 Å². The quantitative estimate of drug-likeness (QED) is 0.289. The fourth-order valence-electron chi connectivity index (χ4n) is 7.27. The van der Waals surface area contributed by atoms with E-state index in [1.807, 2.05) is 0 Å². The topological polar surface area (TPSA) is 38.8 Å².